The topological polar surface area (TPSA) is 114 Å². The summed E-state index contributed by atoms with van der Waals surface area (Å²) in [4.78, 5) is 31.8. The Morgan fingerprint density at radius 3 is 2.17 bits per heavy atom. The van der Waals surface area contributed by atoms with Gasteiger partial charge < -0.3 is 24.9 Å². The largest absolute Gasteiger partial charge is 0.497 e. The summed E-state index contributed by atoms with van der Waals surface area (Å²) in [6.07, 6.45) is 2.96. The lowest BCUT2D eigenvalue weighted by Gasteiger charge is -2.13. The molecule has 0 bridgehead atoms. The normalized spacial score (nSPS) is 11.6. The molecule has 3 aromatic rings. The second-order valence-corrected chi connectivity index (χ2v) is 9.36. The first-order valence-corrected chi connectivity index (χ1v) is 13.0. The Hall–Kier alpha value is -3.46. The van der Waals surface area contributed by atoms with E-state index in [1.807, 2.05) is 55.5 Å². The molecular weight excluding hydrogens is 478 g/mol. The van der Waals surface area contributed by atoms with E-state index < -0.39 is 12.0 Å². The summed E-state index contributed by atoms with van der Waals surface area (Å²) in [7, 11) is 3.27. The zero-order valence-electron chi connectivity index (χ0n) is 20.9. The quantitative estimate of drug-likeness (QED) is 0.196. The first-order valence-electron chi connectivity index (χ1n) is 12.0. The van der Waals surface area contributed by atoms with Crippen molar-refractivity contribution in [3.8, 4) is 34.0 Å². The molecule has 1 heterocycles. The Morgan fingerprint density at radius 1 is 1.00 bits per heavy atom. The molecule has 3 rings (SSSR count). The molecule has 3 N–H and O–H groups in total. The maximum atomic E-state index is 12.2. The summed E-state index contributed by atoms with van der Waals surface area (Å²) in [5.74, 6) is 0.984. The van der Waals surface area contributed by atoms with Crippen LogP contribution in [0.1, 0.15) is 39.0 Å². The van der Waals surface area contributed by atoms with Crippen LogP contribution in [0.3, 0.4) is 0 Å². The zero-order valence-corrected chi connectivity index (χ0v) is 21.7. The van der Waals surface area contributed by atoms with Crippen LogP contribution in [0.25, 0.3) is 22.5 Å². The molecule has 0 spiro atoms. The van der Waals surface area contributed by atoms with Crippen LogP contribution in [-0.4, -0.2) is 53.0 Å². The van der Waals surface area contributed by atoms with Gasteiger partial charge >= 0.3 is 5.97 Å². The number of hydrogen-bond acceptors (Lipinski definition) is 6. The number of nitrogens with one attached hydrogen (secondary N) is 2. The molecule has 0 fully saturated rings. The molecule has 1 amide bonds. The van der Waals surface area contributed by atoms with Crippen molar-refractivity contribution in [1.29, 1.82) is 0 Å². The third-order valence-electron chi connectivity index (χ3n) is 5.69. The van der Waals surface area contributed by atoms with E-state index >= 15 is 0 Å². The minimum Gasteiger partial charge on any atom is -0.497 e. The SMILES string of the molecule is CCCC[C@H](NC(=O)CCCSc1nc(-c2ccc(OC)cc2)c(-c2ccc(OC)cc2)[nH]1)C(=O)O. The van der Waals surface area contributed by atoms with Crippen molar-refractivity contribution in [3.63, 3.8) is 0 Å². The number of aliphatic carboxylic acids is 1. The van der Waals surface area contributed by atoms with Gasteiger partial charge in [-0.05, 0) is 61.4 Å². The number of imidazole rings is 1. The molecule has 0 aliphatic rings. The third-order valence-corrected chi connectivity index (χ3v) is 6.65. The highest BCUT2D eigenvalue weighted by Gasteiger charge is 2.19. The number of hydrogen-bond donors (Lipinski definition) is 3. The van der Waals surface area contributed by atoms with E-state index in [1.165, 1.54) is 11.8 Å². The van der Waals surface area contributed by atoms with E-state index in [0.717, 1.165) is 52.0 Å². The van der Waals surface area contributed by atoms with E-state index in [0.29, 0.717) is 18.6 Å². The average Bonchev–Trinajstić information content (AvgIpc) is 3.33. The van der Waals surface area contributed by atoms with E-state index in [4.69, 9.17) is 14.5 Å². The molecule has 0 radical (unpaired) electrons. The molecule has 1 aromatic heterocycles. The highest BCUT2D eigenvalue weighted by atomic mass is 32.2. The van der Waals surface area contributed by atoms with E-state index in [9.17, 15) is 14.7 Å². The summed E-state index contributed by atoms with van der Waals surface area (Å²) in [5, 5.41) is 12.7. The Kier molecular flexibility index (Phi) is 10.2. The molecule has 9 heteroatoms. The number of methoxy groups -OCH3 is 2. The van der Waals surface area contributed by atoms with Crippen LogP contribution < -0.4 is 14.8 Å². The van der Waals surface area contributed by atoms with Crippen molar-refractivity contribution in [2.24, 2.45) is 0 Å². The fraction of sp³-hybridized carbons (Fsp3) is 0.370. The fourth-order valence-electron chi connectivity index (χ4n) is 3.68. The lowest BCUT2D eigenvalue weighted by molar-refractivity contribution is -0.142. The fourth-order valence-corrected chi connectivity index (χ4v) is 4.49. The number of H-pyrrole nitrogens is 1. The summed E-state index contributed by atoms with van der Waals surface area (Å²) < 4.78 is 10.6. The van der Waals surface area contributed by atoms with Crippen LogP contribution in [-0.2, 0) is 9.59 Å². The Bertz CT molecular complexity index is 1060. The van der Waals surface area contributed by atoms with Crippen LogP contribution in [0, 0.1) is 0 Å². The molecule has 1 atom stereocenters. The second kappa shape index (κ2) is 13.6. The van der Waals surface area contributed by atoms with Gasteiger partial charge in [0.05, 0.1) is 25.6 Å². The van der Waals surface area contributed by atoms with Crippen LogP contribution in [0.5, 0.6) is 11.5 Å². The third kappa shape index (κ3) is 7.52. The van der Waals surface area contributed by atoms with Gasteiger partial charge in [-0.25, -0.2) is 9.78 Å². The van der Waals surface area contributed by atoms with Gasteiger partial charge in [-0.15, -0.1) is 0 Å². The standard InChI is InChI=1S/C27H33N3O5S/c1-4-5-7-22(26(32)33)28-23(31)8-6-17-36-27-29-24(18-9-13-20(34-2)14-10-18)25(30-27)19-11-15-21(35-3)16-12-19/h9-16,22H,4-8,17H2,1-3H3,(H,28,31)(H,29,30)(H,32,33)/t22-/m0/s1. The van der Waals surface area contributed by atoms with E-state index in [-0.39, 0.29) is 12.3 Å². The number of carbonyl (C=O) groups excluding carboxylic acids is 1. The first-order chi connectivity index (χ1) is 17.4. The number of unbranched alkanes of at least 4 members (excludes halogenated alkanes) is 1. The van der Waals surface area contributed by atoms with Gasteiger partial charge in [-0.3, -0.25) is 4.79 Å². The van der Waals surface area contributed by atoms with Gasteiger partial charge in [0, 0.05) is 23.3 Å². The van der Waals surface area contributed by atoms with Crippen molar-refractivity contribution < 1.29 is 24.2 Å². The number of ether oxygens (including phenoxy) is 2. The Morgan fingerprint density at radius 2 is 1.61 bits per heavy atom. The Balaban J connectivity index is 1.67. The Labute approximate surface area is 215 Å². The maximum absolute atomic E-state index is 12.2. The lowest BCUT2D eigenvalue weighted by atomic mass is 10.0. The van der Waals surface area contributed by atoms with Crippen LogP contribution >= 0.6 is 11.8 Å². The predicted molar refractivity (Wildman–Crippen MR) is 142 cm³/mol. The van der Waals surface area contributed by atoms with E-state index in [2.05, 4.69) is 10.3 Å². The minimum atomic E-state index is -0.987. The predicted octanol–water partition coefficient (Wildman–Crippen LogP) is 5.39. The van der Waals surface area contributed by atoms with Gasteiger partial charge in [0.1, 0.15) is 17.5 Å². The average molecular weight is 512 g/mol. The molecule has 0 aliphatic heterocycles. The number of carboxylic acid groups (broad SMARTS) is 1. The number of carboxylic acids is 1. The second-order valence-electron chi connectivity index (χ2n) is 8.28. The first kappa shape index (κ1) is 27.1. The number of thioether (sulfide) groups is 1. The number of carbonyl (C=O) groups is 2. The summed E-state index contributed by atoms with van der Waals surface area (Å²) in [5.41, 5.74) is 3.65. The molecule has 0 saturated carbocycles. The minimum absolute atomic E-state index is 0.239. The molecule has 8 nitrogen and oxygen atoms in total. The molecular formula is C27H33N3O5S. The van der Waals surface area contributed by atoms with Crippen molar-refractivity contribution in [2.75, 3.05) is 20.0 Å². The van der Waals surface area contributed by atoms with Gasteiger partial charge in [0.25, 0.3) is 0 Å². The highest BCUT2D eigenvalue weighted by Crippen LogP contribution is 2.34. The summed E-state index contributed by atoms with van der Waals surface area (Å²) >= 11 is 1.53. The summed E-state index contributed by atoms with van der Waals surface area (Å²) in [6, 6.07) is 14.7. The molecule has 36 heavy (non-hydrogen) atoms. The zero-order chi connectivity index (χ0) is 25.9. The molecule has 192 valence electrons. The van der Waals surface area contributed by atoms with Crippen LogP contribution in [0.4, 0.5) is 0 Å². The smallest absolute Gasteiger partial charge is 0.326 e. The van der Waals surface area contributed by atoms with Gasteiger partial charge in [-0.1, -0.05) is 31.5 Å². The number of rotatable bonds is 14. The number of aromatic nitrogens is 2. The summed E-state index contributed by atoms with van der Waals surface area (Å²) in [6.45, 7) is 1.99. The van der Waals surface area contributed by atoms with Crippen LogP contribution in [0.15, 0.2) is 53.7 Å². The van der Waals surface area contributed by atoms with Crippen molar-refractivity contribution in [2.45, 2.75) is 50.2 Å². The lowest BCUT2D eigenvalue weighted by Crippen LogP contribution is -2.40. The molecule has 0 aliphatic carbocycles. The van der Waals surface area contributed by atoms with E-state index in [1.54, 1.807) is 14.2 Å². The molecule has 0 saturated heterocycles. The molecule has 0 unspecified atom stereocenters. The molecule has 2 aromatic carbocycles. The van der Waals surface area contributed by atoms with Gasteiger partial charge in [0.2, 0.25) is 5.91 Å². The maximum Gasteiger partial charge on any atom is 0.326 e. The van der Waals surface area contributed by atoms with Crippen molar-refractivity contribution in [3.05, 3.63) is 48.5 Å². The number of benzene rings is 2. The van der Waals surface area contributed by atoms with Crippen LogP contribution in [0.2, 0.25) is 0 Å². The number of nitrogens with zero attached hydrogens (tertiary/aromatic N) is 1. The van der Waals surface area contributed by atoms with Gasteiger partial charge in [-0.2, -0.15) is 0 Å². The number of aromatic amines is 1. The van der Waals surface area contributed by atoms with Crippen molar-refractivity contribution >= 4 is 23.6 Å². The van der Waals surface area contributed by atoms with Crippen molar-refractivity contribution in [1.82, 2.24) is 15.3 Å². The number of amides is 1. The monoisotopic (exact) mass is 511 g/mol. The van der Waals surface area contributed by atoms with Gasteiger partial charge in [0.15, 0.2) is 5.16 Å². The highest BCUT2D eigenvalue weighted by molar-refractivity contribution is 7.99.